The van der Waals surface area contributed by atoms with Crippen LogP contribution >= 0.6 is 0 Å². The maximum atomic E-state index is 11.7. The molecule has 19 heavy (non-hydrogen) atoms. The molecule has 0 aliphatic carbocycles. The molecule has 1 amide bonds. The average molecular weight is 263 g/mol. The Kier molecular flexibility index (Phi) is 3.41. The fourth-order valence-electron chi connectivity index (χ4n) is 1.65. The average Bonchev–Trinajstić information content (AvgIpc) is 2.92. The Morgan fingerprint density at radius 1 is 1.26 bits per heavy atom. The lowest BCUT2D eigenvalue weighted by Gasteiger charge is -1.99. The van der Waals surface area contributed by atoms with Gasteiger partial charge in [-0.05, 0) is 32.0 Å². The fourth-order valence-corrected chi connectivity index (χ4v) is 1.65. The standard InChI is InChI=1S/C13H13NO5/c1-7-3-4-11(18-7)12(15)14-6-9-5-10(13(16)17)8(2)19-9/h3-5H,6H2,1-2H3,(H,14,15)(H,16,17). The number of hydrogen-bond donors (Lipinski definition) is 2. The van der Waals surface area contributed by atoms with Crippen molar-refractivity contribution in [2.24, 2.45) is 0 Å². The number of furan rings is 2. The molecular formula is C13H13NO5. The number of aromatic carboxylic acids is 1. The number of amides is 1. The number of carboxylic acid groups (broad SMARTS) is 1. The molecule has 0 aliphatic heterocycles. The van der Waals surface area contributed by atoms with E-state index in [4.69, 9.17) is 13.9 Å². The van der Waals surface area contributed by atoms with Crippen LogP contribution in [0.3, 0.4) is 0 Å². The molecule has 2 rings (SSSR count). The Hall–Kier alpha value is -2.50. The molecule has 2 aromatic heterocycles. The molecule has 0 unspecified atom stereocenters. The van der Waals surface area contributed by atoms with E-state index in [1.807, 2.05) is 0 Å². The van der Waals surface area contributed by atoms with Gasteiger partial charge in [0.2, 0.25) is 0 Å². The first-order chi connectivity index (χ1) is 8.97. The van der Waals surface area contributed by atoms with Crippen LogP contribution in [0.2, 0.25) is 0 Å². The Labute approximate surface area is 109 Å². The van der Waals surface area contributed by atoms with Gasteiger partial charge in [0.05, 0.1) is 6.54 Å². The second-order valence-electron chi connectivity index (χ2n) is 4.08. The van der Waals surface area contributed by atoms with Gasteiger partial charge in [0.1, 0.15) is 22.8 Å². The van der Waals surface area contributed by atoms with Gasteiger partial charge in [0.25, 0.3) is 5.91 Å². The van der Waals surface area contributed by atoms with Crippen molar-refractivity contribution in [1.82, 2.24) is 5.32 Å². The second-order valence-corrected chi connectivity index (χ2v) is 4.08. The van der Waals surface area contributed by atoms with Gasteiger partial charge in [-0.1, -0.05) is 0 Å². The third kappa shape index (κ3) is 2.85. The second kappa shape index (κ2) is 5.01. The van der Waals surface area contributed by atoms with Crippen LogP contribution < -0.4 is 5.32 Å². The third-order valence-corrected chi connectivity index (χ3v) is 2.59. The highest BCUT2D eigenvalue weighted by molar-refractivity contribution is 5.91. The van der Waals surface area contributed by atoms with E-state index in [1.54, 1.807) is 26.0 Å². The first-order valence-electron chi connectivity index (χ1n) is 5.64. The SMILES string of the molecule is Cc1ccc(C(=O)NCc2cc(C(=O)O)c(C)o2)o1. The number of carboxylic acids is 1. The quantitative estimate of drug-likeness (QED) is 0.881. The molecule has 100 valence electrons. The van der Waals surface area contributed by atoms with Crippen LogP contribution in [0.15, 0.2) is 27.0 Å². The molecule has 6 heteroatoms. The van der Waals surface area contributed by atoms with Gasteiger partial charge in [0, 0.05) is 0 Å². The zero-order chi connectivity index (χ0) is 14.0. The molecule has 0 aromatic carbocycles. The van der Waals surface area contributed by atoms with E-state index in [0.29, 0.717) is 17.3 Å². The normalized spacial score (nSPS) is 10.4. The molecule has 0 aliphatic rings. The fraction of sp³-hybridized carbons (Fsp3) is 0.231. The van der Waals surface area contributed by atoms with Crippen LogP contribution in [0.25, 0.3) is 0 Å². The van der Waals surface area contributed by atoms with Gasteiger partial charge >= 0.3 is 5.97 Å². The zero-order valence-corrected chi connectivity index (χ0v) is 10.5. The van der Waals surface area contributed by atoms with Gasteiger partial charge in [0.15, 0.2) is 5.76 Å². The maximum absolute atomic E-state index is 11.7. The summed E-state index contributed by atoms with van der Waals surface area (Å²) in [6.07, 6.45) is 0. The van der Waals surface area contributed by atoms with Gasteiger partial charge < -0.3 is 19.3 Å². The predicted octanol–water partition coefficient (Wildman–Crippen LogP) is 2.12. The molecule has 2 heterocycles. The molecular weight excluding hydrogens is 250 g/mol. The molecule has 0 saturated carbocycles. The summed E-state index contributed by atoms with van der Waals surface area (Å²) >= 11 is 0. The Bertz CT molecular complexity index is 623. The first kappa shape index (κ1) is 12.9. The molecule has 6 nitrogen and oxygen atoms in total. The van der Waals surface area contributed by atoms with Crippen molar-refractivity contribution in [3.8, 4) is 0 Å². The monoisotopic (exact) mass is 263 g/mol. The molecule has 2 N–H and O–H groups in total. The molecule has 0 fully saturated rings. The van der Waals surface area contributed by atoms with Crippen molar-refractivity contribution in [2.75, 3.05) is 0 Å². The number of carbonyl (C=O) groups is 2. The number of aryl methyl sites for hydroxylation is 2. The minimum absolute atomic E-state index is 0.0955. The predicted molar refractivity (Wildman–Crippen MR) is 65.0 cm³/mol. The van der Waals surface area contributed by atoms with Crippen molar-refractivity contribution < 1.29 is 23.5 Å². The van der Waals surface area contributed by atoms with Crippen LogP contribution in [-0.2, 0) is 6.54 Å². The highest BCUT2D eigenvalue weighted by Crippen LogP contribution is 2.14. The van der Waals surface area contributed by atoms with E-state index in [9.17, 15) is 9.59 Å². The van der Waals surface area contributed by atoms with E-state index in [0.717, 1.165) is 0 Å². The molecule has 0 radical (unpaired) electrons. The maximum Gasteiger partial charge on any atom is 0.339 e. The molecule has 2 aromatic rings. The summed E-state index contributed by atoms with van der Waals surface area (Å²) in [4.78, 5) is 22.5. The first-order valence-corrected chi connectivity index (χ1v) is 5.64. The van der Waals surface area contributed by atoms with Crippen LogP contribution in [0, 0.1) is 13.8 Å². The smallest absolute Gasteiger partial charge is 0.339 e. The van der Waals surface area contributed by atoms with Crippen LogP contribution in [-0.4, -0.2) is 17.0 Å². The highest BCUT2D eigenvalue weighted by atomic mass is 16.4. The van der Waals surface area contributed by atoms with Crippen molar-refractivity contribution >= 4 is 11.9 Å². The van der Waals surface area contributed by atoms with E-state index in [-0.39, 0.29) is 23.8 Å². The van der Waals surface area contributed by atoms with E-state index in [2.05, 4.69) is 5.32 Å². The lowest BCUT2D eigenvalue weighted by Crippen LogP contribution is -2.21. The summed E-state index contributed by atoms with van der Waals surface area (Å²) in [5.74, 6) is 0.114. The van der Waals surface area contributed by atoms with Crippen LogP contribution in [0.4, 0.5) is 0 Å². The number of nitrogens with one attached hydrogen (secondary N) is 1. The van der Waals surface area contributed by atoms with Crippen LogP contribution in [0.5, 0.6) is 0 Å². The number of rotatable bonds is 4. The number of hydrogen-bond acceptors (Lipinski definition) is 4. The highest BCUT2D eigenvalue weighted by Gasteiger charge is 2.15. The Morgan fingerprint density at radius 3 is 2.53 bits per heavy atom. The van der Waals surface area contributed by atoms with Gasteiger partial charge in [-0.3, -0.25) is 4.79 Å². The third-order valence-electron chi connectivity index (χ3n) is 2.59. The molecule has 0 bridgehead atoms. The van der Waals surface area contributed by atoms with E-state index in [1.165, 1.54) is 6.07 Å². The van der Waals surface area contributed by atoms with Crippen molar-refractivity contribution in [2.45, 2.75) is 20.4 Å². The van der Waals surface area contributed by atoms with Crippen LogP contribution in [0.1, 0.15) is 38.2 Å². The lowest BCUT2D eigenvalue weighted by atomic mass is 10.2. The van der Waals surface area contributed by atoms with Gasteiger partial charge in [-0.25, -0.2) is 4.79 Å². The van der Waals surface area contributed by atoms with Crippen molar-refractivity contribution in [3.63, 3.8) is 0 Å². The van der Waals surface area contributed by atoms with Crippen molar-refractivity contribution in [3.05, 3.63) is 46.8 Å². The van der Waals surface area contributed by atoms with Gasteiger partial charge in [-0.2, -0.15) is 0 Å². The summed E-state index contributed by atoms with van der Waals surface area (Å²) in [5, 5.41) is 11.5. The molecule has 0 atom stereocenters. The number of carbonyl (C=O) groups excluding carboxylic acids is 1. The molecule has 0 spiro atoms. The zero-order valence-electron chi connectivity index (χ0n) is 10.5. The van der Waals surface area contributed by atoms with Crippen molar-refractivity contribution in [1.29, 1.82) is 0 Å². The summed E-state index contributed by atoms with van der Waals surface area (Å²) in [7, 11) is 0. The van der Waals surface area contributed by atoms with E-state index < -0.39 is 5.97 Å². The summed E-state index contributed by atoms with van der Waals surface area (Å²) in [6.45, 7) is 3.41. The molecule has 0 saturated heterocycles. The Morgan fingerprint density at radius 2 is 2.00 bits per heavy atom. The van der Waals surface area contributed by atoms with E-state index >= 15 is 0 Å². The summed E-state index contributed by atoms with van der Waals surface area (Å²) < 4.78 is 10.4. The minimum atomic E-state index is -1.06. The Balaban J connectivity index is 2.01. The summed E-state index contributed by atoms with van der Waals surface area (Å²) in [6, 6.07) is 4.65. The van der Waals surface area contributed by atoms with Gasteiger partial charge in [-0.15, -0.1) is 0 Å². The minimum Gasteiger partial charge on any atom is -0.478 e. The topological polar surface area (TPSA) is 92.7 Å². The summed E-state index contributed by atoms with van der Waals surface area (Å²) in [5.41, 5.74) is 0.0955. The largest absolute Gasteiger partial charge is 0.478 e. The lowest BCUT2D eigenvalue weighted by molar-refractivity contribution is 0.0694.